The molecule has 2 aromatic heterocycles. The Kier molecular flexibility index (Phi) is 3.20. The first-order valence-corrected chi connectivity index (χ1v) is 6.73. The molecule has 4 nitrogen and oxygen atoms in total. The largest absolute Gasteiger partial charge is 0.286 e. The van der Waals surface area contributed by atoms with Crippen molar-refractivity contribution in [3.05, 3.63) is 70.2 Å². The fraction of sp³-hybridized carbons (Fsp3) is 0.0714. The minimum absolute atomic E-state index is 0.0747. The van der Waals surface area contributed by atoms with E-state index in [0.29, 0.717) is 17.1 Å². The van der Waals surface area contributed by atoms with E-state index in [1.807, 2.05) is 41.8 Å². The molecule has 0 saturated carbocycles. The highest BCUT2D eigenvalue weighted by atomic mass is 32.1. The Bertz CT molecular complexity index is 674. The highest BCUT2D eigenvalue weighted by Crippen LogP contribution is 2.13. The van der Waals surface area contributed by atoms with E-state index >= 15 is 0 Å². The predicted octanol–water partition coefficient (Wildman–Crippen LogP) is 2.62. The fourth-order valence-corrected chi connectivity index (χ4v) is 2.46. The minimum atomic E-state index is -0.0747. The van der Waals surface area contributed by atoms with Crippen molar-refractivity contribution in [1.82, 2.24) is 15.0 Å². The molecule has 0 saturated heterocycles. The van der Waals surface area contributed by atoms with Gasteiger partial charge in [0.1, 0.15) is 0 Å². The van der Waals surface area contributed by atoms with Crippen LogP contribution >= 0.6 is 11.3 Å². The van der Waals surface area contributed by atoms with Crippen molar-refractivity contribution in [3.8, 4) is 0 Å². The predicted molar refractivity (Wildman–Crippen MR) is 73.3 cm³/mol. The summed E-state index contributed by atoms with van der Waals surface area (Å²) in [5.41, 5.74) is 1.51. The molecule has 19 heavy (non-hydrogen) atoms. The summed E-state index contributed by atoms with van der Waals surface area (Å²) in [6, 6.07) is 13.6. The molecule has 0 aliphatic carbocycles. The number of carbonyl (C=O) groups excluding carboxylic acids is 1. The van der Waals surface area contributed by atoms with E-state index in [-0.39, 0.29) is 5.78 Å². The summed E-state index contributed by atoms with van der Waals surface area (Å²) < 4.78 is 1.68. The topological polar surface area (TPSA) is 47.8 Å². The quantitative estimate of drug-likeness (QED) is 0.684. The first-order valence-electron chi connectivity index (χ1n) is 5.85. The highest BCUT2D eigenvalue weighted by molar-refractivity contribution is 7.12. The molecule has 0 amide bonds. The lowest BCUT2D eigenvalue weighted by atomic mass is 10.2. The molecular weight excluding hydrogens is 258 g/mol. The smallest absolute Gasteiger partial charge is 0.224 e. The van der Waals surface area contributed by atoms with Crippen LogP contribution in [-0.2, 0) is 6.54 Å². The van der Waals surface area contributed by atoms with Crippen molar-refractivity contribution in [2.24, 2.45) is 0 Å². The third kappa shape index (κ3) is 2.61. The number of hydrogen-bond acceptors (Lipinski definition) is 4. The van der Waals surface area contributed by atoms with Gasteiger partial charge < -0.3 is 0 Å². The average molecular weight is 269 g/mol. The number of aromatic nitrogens is 3. The highest BCUT2D eigenvalue weighted by Gasteiger charge is 2.14. The molecule has 0 unspecified atom stereocenters. The molecule has 0 bridgehead atoms. The van der Waals surface area contributed by atoms with Crippen LogP contribution in [0.15, 0.2) is 54.0 Å². The van der Waals surface area contributed by atoms with Gasteiger partial charge in [0.25, 0.3) is 0 Å². The van der Waals surface area contributed by atoms with Crippen molar-refractivity contribution in [1.29, 1.82) is 0 Å². The molecule has 3 aromatic rings. The lowest BCUT2D eigenvalue weighted by Crippen LogP contribution is -2.00. The number of carbonyl (C=O) groups is 1. The Morgan fingerprint density at radius 3 is 2.74 bits per heavy atom. The zero-order valence-electron chi connectivity index (χ0n) is 10.1. The maximum absolute atomic E-state index is 12.1. The summed E-state index contributed by atoms with van der Waals surface area (Å²) >= 11 is 1.41. The maximum atomic E-state index is 12.1. The molecule has 0 fully saturated rings. The van der Waals surface area contributed by atoms with E-state index in [9.17, 15) is 4.79 Å². The van der Waals surface area contributed by atoms with E-state index in [1.165, 1.54) is 11.3 Å². The van der Waals surface area contributed by atoms with Crippen molar-refractivity contribution in [2.45, 2.75) is 6.54 Å². The Morgan fingerprint density at radius 1 is 1.16 bits per heavy atom. The summed E-state index contributed by atoms with van der Waals surface area (Å²) in [5, 5.41) is 9.81. The summed E-state index contributed by atoms with van der Waals surface area (Å²) in [6.45, 7) is 0.617. The van der Waals surface area contributed by atoms with E-state index in [4.69, 9.17) is 0 Å². The minimum Gasteiger partial charge on any atom is -0.286 e. The second-order valence-electron chi connectivity index (χ2n) is 4.09. The summed E-state index contributed by atoms with van der Waals surface area (Å²) in [4.78, 5) is 12.8. The molecule has 0 atom stereocenters. The van der Waals surface area contributed by atoms with Gasteiger partial charge in [0, 0.05) is 0 Å². The molecule has 0 aliphatic rings. The zero-order chi connectivity index (χ0) is 13.1. The van der Waals surface area contributed by atoms with E-state index in [2.05, 4.69) is 10.3 Å². The molecule has 0 spiro atoms. The molecule has 3 rings (SSSR count). The van der Waals surface area contributed by atoms with Crippen LogP contribution in [0, 0.1) is 0 Å². The van der Waals surface area contributed by atoms with Gasteiger partial charge in [-0.2, -0.15) is 0 Å². The van der Waals surface area contributed by atoms with E-state index < -0.39 is 0 Å². The van der Waals surface area contributed by atoms with Crippen LogP contribution in [0.2, 0.25) is 0 Å². The van der Waals surface area contributed by atoms with Crippen molar-refractivity contribution in [2.75, 3.05) is 0 Å². The summed E-state index contributed by atoms with van der Waals surface area (Å²) in [6.07, 6.45) is 1.69. The van der Waals surface area contributed by atoms with Crippen LogP contribution in [0.25, 0.3) is 0 Å². The Labute approximate surface area is 114 Å². The van der Waals surface area contributed by atoms with Crippen molar-refractivity contribution < 1.29 is 4.79 Å². The third-order valence-corrected chi connectivity index (χ3v) is 3.57. The third-order valence-electron chi connectivity index (χ3n) is 2.70. The average Bonchev–Trinajstić information content (AvgIpc) is 3.10. The first-order chi connectivity index (χ1) is 9.33. The standard InChI is InChI=1S/C14H11N3OS/c18-14(13-7-4-8-19-13)12-10-17(16-15-12)9-11-5-2-1-3-6-11/h1-8,10H,9H2. The molecular formula is C14H11N3OS. The maximum Gasteiger partial charge on any atom is 0.224 e. The van der Waals surface area contributed by atoms with Crippen molar-refractivity contribution >= 4 is 17.1 Å². The van der Waals surface area contributed by atoms with Crippen LogP contribution in [0.1, 0.15) is 20.9 Å². The van der Waals surface area contributed by atoms with Gasteiger partial charge in [-0.05, 0) is 17.0 Å². The number of hydrogen-bond donors (Lipinski definition) is 0. The number of ketones is 1. The normalized spacial score (nSPS) is 10.5. The molecule has 0 N–H and O–H groups in total. The Morgan fingerprint density at radius 2 is 2.00 bits per heavy atom. The number of nitrogens with zero attached hydrogens (tertiary/aromatic N) is 3. The van der Waals surface area contributed by atoms with Crippen molar-refractivity contribution in [3.63, 3.8) is 0 Å². The molecule has 1 aromatic carbocycles. The van der Waals surface area contributed by atoms with E-state index in [1.54, 1.807) is 16.9 Å². The van der Waals surface area contributed by atoms with Gasteiger partial charge in [0.2, 0.25) is 5.78 Å². The van der Waals surface area contributed by atoms with Crippen LogP contribution in [0.3, 0.4) is 0 Å². The second kappa shape index (κ2) is 5.16. The molecule has 5 heteroatoms. The van der Waals surface area contributed by atoms with Gasteiger partial charge >= 0.3 is 0 Å². The molecule has 94 valence electrons. The van der Waals surface area contributed by atoms with Gasteiger partial charge in [0.15, 0.2) is 5.69 Å². The number of rotatable bonds is 4. The van der Waals surface area contributed by atoms with Gasteiger partial charge in [-0.25, -0.2) is 4.68 Å². The first kappa shape index (κ1) is 11.8. The molecule has 2 heterocycles. The Hall–Kier alpha value is -2.27. The van der Waals surface area contributed by atoms with Crippen LogP contribution in [0.4, 0.5) is 0 Å². The van der Waals surface area contributed by atoms with Gasteiger partial charge in [-0.1, -0.05) is 41.6 Å². The van der Waals surface area contributed by atoms with Gasteiger partial charge in [0.05, 0.1) is 17.6 Å². The monoisotopic (exact) mass is 269 g/mol. The van der Waals surface area contributed by atoms with Gasteiger partial charge in [-0.3, -0.25) is 4.79 Å². The lowest BCUT2D eigenvalue weighted by molar-refractivity contribution is 0.103. The fourth-order valence-electron chi connectivity index (χ4n) is 1.78. The molecule has 0 aliphatic heterocycles. The molecule has 0 radical (unpaired) electrons. The zero-order valence-corrected chi connectivity index (χ0v) is 10.9. The SMILES string of the molecule is O=C(c1cn(Cc2ccccc2)nn1)c1cccs1. The number of thiophene rings is 1. The second-order valence-corrected chi connectivity index (χ2v) is 5.04. The number of benzene rings is 1. The summed E-state index contributed by atoms with van der Waals surface area (Å²) in [5.74, 6) is -0.0747. The Balaban J connectivity index is 1.78. The van der Waals surface area contributed by atoms with Crippen LogP contribution in [0.5, 0.6) is 0 Å². The summed E-state index contributed by atoms with van der Waals surface area (Å²) in [7, 11) is 0. The van der Waals surface area contributed by atoms with Gasteiger partial charge in [-0.15, -0.1) is 16.4 Å². The van der Waals surface area contributed by atoms with E-state index in [0.717, 1.165) is 5.56 Å². The van der Waals surface area contributed by atoms with Crippen LogP contribution in [-0.4, -0.2) is 20.8 Å². The van der Waals surface area contributed by atoms with Crippen LogP contribution < -0.4 is 0 Å². The lowest BCUT2D eigenvalue weighted by Gasteiger charge is -1.99.